The van der Waals surface area contributed by atoms with E-state index in [0.29, 0.717) is 10.7 Å². The predicted molar refractivity (Wildman–Crippen MR) is 99.0 cm³/mol. The molecule has 1 N–H and O–H groups in total. The molecule has 122 valence electrons. The van der Waals surface area contributed by atoms with Gasteiger partial charge in [0.1, 0.15) is 0 Å². The first kappa shape index (κ1) is 15.5. The number of aromatic nitrogens is 2. The number of fused-ring (bicyclic) bond motifs is 1. The number of thiazole rings is 1. The molecule has 0 bridgehead atoms. The molecule has 4 rings (SSSR count). The topological polar surface area (TPSA) is 54.9 Å². The van der Waals surface area contributed by atoms with Crippen LogP contribution in [0.4, 0.5) is 5.13 Å². The van der Waals surface area contributed by atoms with E-state index in [4.69, 9.17) is 0 Å². The lowest BCUT2D eigenvalue weighted by Gasteiger charge is -2.06. The van der Waals surface area contributed by atoms with E-state index >= 15 is 0 Å². The summed E-state index contributed by atoms with van der Waals surface area (Å²) in [6.07, 6.45) is 4.52. The quantitative estimate of drug-likeness (QED) is 0.740. The molecule has 0 spiro atoms. The van der Waals surface area contributed by atoms with Gasteiger partial charge in [-0.15, -0.1) is 22.7 Å². The Morgan fingerprint density at radius 2 is 2.04 bits per heavy atom. The zero-order valence-electron chi connectivity index (χ0n) is 13.3. The second kappa shape index (κ2) is 6.45. The molecule has 3 aromatic heterocycles. The number of thiophene rings is 1. The first-order valence-corrected chi connectivity index (χ1v) is 9.72. The van der Waals surface area contributed by atoms with E-state index in [1.165, 1.54) is 17.7 Å². The van der Waals surface area contributed by atoms with E-state index in [1.54, 1.807) is 22.7 Å². The van der Waals surface area contributed by atoms with Gasteiger partial charge >= 0.3 is 0 Å². The fourth-order valence-corrected chi connectivity index (χ4v) is 4.67. The summed E-state index contributed by atoms with van der Waals surface area (Å²) < 4.78 is 0. The summed E-state index contributed by atoms with van der Waals surface area (Å²) in [7, 11) is 0. The number of hydrogen-bond donors (Lipinski definition) is 1. The number of amides is 1. The fourth-order valence-electron chi connectivity index (χ4n) is 2.93. The molecule has 0 saturated carbocycles. The molecule has 3 aromatic rings. The second-order valence-electron chi connectivity index (χ2n) is 5.86. The van der Waals surface area contributed by atoms with Gasteiger partial charge in [0.15, 0.2) is 5.13 Å². The van der Waals surface area contributed by atoms with Crippen molar-refractivity contribution in [2.45, 2.75) is 32.6 Å². The number of pyridine rings is 1. The van der Waals surface area contributed by atoms with Crippen LogP contribution in [0, 0.1) is 6.92 Å². The molecule has 0 aliphatic heterocycles. The van der Waals surface area contributed by atoms with Crippen LogP contribution in [0.15, 0.2) is 29.6 Å². The zero-order chi connectivity index (χ0) is 16.5. The van der Waals surface area contributed by atoms with Crippen molar-refractivity contribution in [1.82, 2.24) is 9.97 Å². The molecule has 1 amide bonds. The van der Waals surface area contributed by atoms with Crippen molar-refractivity contribution >= 4 is 33.7 Å². The summed E-state index contributed by atoms with van der Waals surface area (Å²) in [6.45, 7) is 1.87. The lowest BCUT2D eigenvalue weighted by molar-refractivity contribution is 0.102. The molecule has 1 aliphatic carbocycles. The van der Waals surface area contributed by atoms with Crippen LogP contribution in [0.5, 0.6) is 0 Å². The standard InChI is InChI=1S/C18H17N3OS2/c1-11-12(8-9-14(19-11)15-7-4-10-23-15)17(22)21-18-20-13-5-2-3-6-16(13)24-18/h4,7-10H,2-3,5-6H2,1H3,(H,20,21,22). The van der Waals surface area contributed by atoms with Gasteiger partial charge in [-0.3, -0.25) is 15.1 Å². The third-order valence-corrected chi connectivity index (χ3v) is 6.14. The number of aryl methyl sites for hydroxylation is 3. The van der Waals surface area contributed by atoms with Gasteiger partial charge in [0.2, 0.25) is 0 Å². The van der Waals surface area contributed by atoms with Crippen molar-refractivity contribution in [3.05, 3.63) is 51.5 Å². The highest BCUT2D eigenvalue weighted by molar-refractivity contribution is 7.16. The first-order valence-electron chi connectivity index (χ1n) is 8.02. The Kier molecular flexibility index (Phi) is 4.16. The highest BCUT2D eigenvalue weighted by atomic mass is 32.1. The number of nitrogens with zero attached hydrogens (tertiary/aromatic N) is 2. The largest absolute Gasteiger partial charge is 0.298 e. The molecule has 4 nitrogen and oxygen atoms in total. The molecule has 3 heterocycles. The van der Waals surface area contributed by atoms with Crippen molar-refractivity contribution in [2.24, 2.45) is 0 Å². The van der Waals surface area contributed by atoms with Crippen LogP contribution in [-0.2, 0) is 12.8 Å². The number of hydrogen-bond acceptors (Lipinski definition) is 5. The van der Waals surface area contributed by atoms with E-state index in [9.17, 15) is 4.79 Å². The third kappa shape index (κ3) is 2.99. The van der Waals surface area contributed by atoms with Crippen molar-refractivity contribution in [3.8, 4) is 10.6 Å². The van der Waals surface area contributed by atoms with Crippen LogP contribution in [0.25, 0.3) is 10.6 Å². The molecular weight excluding hydrogens is 338 g/mol. The van der Waals surface area contributed by atoms with Crippen molar-refractivity contribution < 1.29 is 4.79 Å². The highest BCUT2D eigenvalue weighted by Crippen LogP contribution is 2.30. The lowest BCUT2D eigenvalue weighted by Crippen LogP contribution is -2.14. The first-order chi connectivity index (χ1) is 11.7. The minimum absolute atomic E-state index is 0.135. The second-order valence-corrected chi connectivity index (χ2v) is 7.89. The maximum atomic E-state index is 12.6. The van der Waals surface area contributed by atoms with E-state index in [-0.39, 0.29) is 5.91 Å². The van der Waals surface area contributed by atoms with E-state index in [2.05, 4.69) is 15.3 Å². The van der Waals surface area contributed by atoms with Crippen LogP contribution in [0.2, 0.25) is 0 Å². The summed E-state index contributed by atoms with van der Waals surface area (Å²) in [5.41, 5.74) is 3.40. The lowest BCUT2D eigenvalue weighted by atomic mass is 10.0. The van der Waals surface area contributed by atoms with Crippen molar-refractivity contribution in [2.75, 3.05) is 5.32 Å². The summed E-state index contributed by atoms with van der Waals surface area (Å²) in [6, 6.07) is 7.79. The normalized spacial score (nSPS) is 13.5. The number of carbonyl (C=O) groups is 1. The van der Waals surface area contributed by atoms with Gasteiger partial charge in [-0.05, 0) is 56.2 Å². The summed E-state index contributed by atoms with van der Waals surface area (Å²) >= 11 is 3.25. The fraction of sp³-hybridized carbons (Fsp3) is 0.278. The van der Waals surface area contributed by atoms with Crippen molar-refractivity contribution in [3.63, 3.8) is 0 Å². The Morgan fingerprint density at radius 1 is 1.17 bits per heavy atom. The van der Waals surface area contributed by atoms with Gasteiger partial charge in [0.05, 0.1) is 27.5 Å². The van der Waals surface area contributed by atoms with Gasteiger partial charge in [-0.25, -0.2) is 4.98 Å². The number of anilines is 1. The number of rotatable bonds is 3. The van der Waals surface area contributed by atoms with Crippen LogP contribution in [0.3, 0.4) is 0 Å². The SMILES string of the molecule is Cc1nc(-c2cccs2)ccc1C(=O)Nc1nc2c(s1)CCCC2. The average molecular weight is 355 g/mol. The van der Waals surface area contributed by atoms with Crippen molar-refractivity contribution in [1.29, 1.82) is 0 Å². The Balaban J connectivity index is 1.55. The summed E-state index contributed by atoms with van der Waals surface area (Å²) in [4.78, 5) is 24.1. The molecule has 0 aromatic carbocycles. The van der Waals surface area contributed by atoms with E-state index < -0.39 is 0 Å². The minimum atomic E-state index is -0.135. The van der Waals surface area contributed by atoms with Crippen LogP contribution < -0.4 is 5.32 Å². The Hall–Kier alpha value is -2.05. The number of nitrogens with one attached hydrogen (secondary N) is 1. The predicted octanol–water partition coefficient (Wildman–Crippen LogP) is 4.71. The smallest absolute Gasteiger partial charge is 0.259 e. The molecular formula is C18H17N3OS2. The monoisotopic (exact) mass is 355 g/mol. The maximum absolute atomic E-state index is 12.6. The van der Waals surface area contributed by atoms with Gasteiger partial charge in [0, 0.05) is 4.88 Å². The van der Waals surface area contributed by atoms with Gasteiger partial charge in [-0.2, -0.15) is 0 Å². The minimum Gasteiger partial charge on any atom is -0.298 e. The van der Waals surface area contributed by atoms with E-state index in [1.807, 2.05) is 36.6 Å². The molecule has 0 saturated heterocycles. The molecule has 0 unspecified atom stereocenters. The van der Waals surface area contributed by atoms with Crippen LogP contribution in [-0.4, -0.2) is 15.9 Å². The van der Waals surface area contributed by atoms with E-state index in [0.717, 1.165) is 34.8 Å². The van der Waals surface area contributed by atoms with Crippen LogP contribution in [0.1, 0.15) is 39.5 Å². The molecule has 24 heavy (non-hydrogen) atoms. The molecule has 0 radical (unpaired) electrons. The third-order valence-electron chi connectivity index (χ3n) is 4.17. The average Bonchev–Trinajstić information content (AvgIpc) is 3.23. The van der Waals surface area contributed by atoms with Gasteiger partial charge in [0.25, 0.3) is 5.91 Å². The Morgan fingerprint density at radius 3 is 2.79 bits per heavy atom. The molecule has 0 fully saturated rings. The van der Waals surface area contributed by atoms with Gasteiger partial charge < -0.3 is 0 Å². The van der Waals surface area contributed by atoms with Crippen LogP contribution >= 0.6 is 22.7 Å². The summed E-state index contributed by atoms with van der Waals surface area (Å²) in [5, 5.41) is 5.67. The molecule has 1 aliphatic rings. The van der Waals surface area contributed by atoms with Gasteiger partial charge in [-0.1, -0.05) is 6.07 Å². The zero-order valence-corrected chi connectivity index (χ0v) is 15.0. The summed E-state index contributed by atoms with van der Waals surface area (Å²) in [5.74, 6) is -0.135. The highest BCUT2D eigenvalue weighted by Gasteiger charge is 2.18. The molecule has 0 atom stereocenters. The number of carbonyl (C=O) groups excluding carboxylic acids is 1. The Labute approximate surface area is 148 Å². The Bertz CT molecular complexity index is 860. The molecule has 6 heteroatoms. The maximum Gasteiger partial charge on any atom is 0.259 e.